The van der Waals surface area contributed by atoms with Gasteiger partial charge in [-0.3, -0.25) is 9.59 Å². The standard InChI is InChI=1S/C16H23FN2O2/c1-3-11-19(13(2)20)12-9-16(21)18-10-8-14-6-4-5-7-15(14)17/h4-7H,3,8-12H2,1-2H3,(H,18,21). The zero-order chi connectivity index (χ0) is 15.7. The number of benzene rings is 1. The lowest BCUT2D eigenvalue weighted by Crippen LogP contribution is -2.34. The van der Waals surface area contributed by atoms with Crippen LogP contribution in [0.4, 0.5) is 4.39 Å². The Labute approximate surface area is 125 Å². The second-order valence-corrected chi connectivity index (χ2v) is 4.95. The number of nitrogens with one attached hydrogen (secondary N) is 1. The van der Waals surface area contributed by atoms with E-state index in [2.05, 4.69) is 5.32 Å². The molecular formula is C16H23FN2O2. The van der Waals surface area contributed by atoms with Gasteiger partial charge in [0.15, 0.2) is 0 Å². The second-order valence-electron chi connectivity index (χ2n) is 4.95. The van der Waals surface area contributed by atoms with Crippen molar-refractivity contribution in [2.45, 2.75) is 33.1 Å². The van der Waals surface area contributed by atoms with Gasteiger partial charge in [-0.25, -0.2) is 4.39 Å². The van der Waals surface area contributed by atoms with Crippen molar-refractivity contribution in [3.8, 4) is 0 Å². The summed E-state index contributed by atoms with van der Waals surface area (Å²) in [5.74, 6) is -0.387. The van der Waals surface area contributed by atoms with E-state index in [1.54, 1.807) is 23.1 Å². The summed E-state index contributed by atoms with van der Waals surface area (Å²) in [4.78, 5) is 24.7. The number of nitrogens with zero attached hydrogens (tertiary/aromatic N) is 1. The Balaban J connectivity index is 2.28. The van der Waals surface area contributed by atoms with Gasteiger partial charge in [0.25, 0.3) is 0 Å². The first-order valence-corrected chi connectivity index (χ1v) is 7.30. The predicted molar refractivity (Wildman–Crippen MR) is 80.3 cm³/mol. The van der Waals surface area contributed by atoms with Crippen molar-refractivity contribution in [2.75, 3.05) is 19.6 Å². The third-order valence-corrected chi connectivity index (χ3v) is 3.22. The molecule has 5 heteroatoms. The number of hydrogen-bond donors (Lipinski definition) is 1. The fourth-order valence-electron chi connectivity index (χ4n) is 2.06. The molecule has 0 spiro atoms. The lowest BCUT2D eigenvalue weighted by molar-refractivity contribution is -0.129. The maximum atomic E-state index is 13.4. The lowest BCUT2D eigenvalue weighted by Gasteiger charge is -2.19. The van der Waals surface area contributed by atoms with Crippen LogP contribution in [-0.4, -0.2) is 36.3 Å². The van der Waals surface area contributed by atoms with Crippen molar-refractivity contribution < 1.29 is 14.0 Å². The summed E-state index contributed by atoms with van der Waals surface area (Å²) in [7, 11) is 0. The number of hydrogen-bond acceptors (Lipinski definition) is 2. The predicted octanol–water partition coefficient (Wildman–Crippen LogP) is 2.13. The van der Waals surface area contributed by atoms with E-state index < -0.39 is 0 Å². The molecule has 2 amide bonds. The molecule has 0 radical (unpaired) electrons. The van der Waals surface area contributed by atoms with E-state index in [1.165, 1.54) is 13.0 Å². The molecule has 0 aromatic heterocycles. The maximum absolute atomic E-state index is 13.4. The minimum absolute atomic E-state index is 0.0176. The van der Waals surface area contributed by atoms with Gasteiger partial charge in [0, 0.05) is 33.0 Å². The summed E-state index contributed by atoms with van der Waals surface area (Å²) in [5, 5.41) is 2.75. The third kappa shape index (κ3) is 6.38. The molecule has 0 atom stereocenters. The molecule has 21 heavy (non-hydrogen) atoms. The summed E-state index contributed by atoms with van der Waals surface area (Å²) in [6, 6.07) is 6.53. The summed E-state index contributed by atoms with van der Waals surface area (Å²) < 4.78 is 13.4. The van der Waals surface area contributed by atoms with E-state index in [4.69, 9.17) is 0 Å². The molecule has 1 N–H and O–H groups in total. The van der Waals surface area contributed by atoms with Gasteiger partial charge in [-0.2, -0.15) is 0 Å². The van der Waals surface area contributed by atoms with Crippen LogP contribution in [0.1, 0.15) is 32.3 Å². The van der Waals surface area contributed by atoms with E-state index in [1.807, 2.05) is 6.92 Å². The highest BCUT2D eigenvalue weighted by atomic mass is 19.1. The number of carbonyl (C=O) groups excluding carboxylic acids is 2. The first kappa shape index (κ1) is 17.1. The molecule has 4 nitrogen and oxygen atoms in total. The normalized spacial score (nSPS) is 10.2. The van der Waals surface area contributed by atoms with Gasteiger partial charge in [-0.1, -0.05) is 25.1 Å². The van der Waals surface area contributed by atoms with Crippen LogP contribution in [-0.2, 0) is 16.0 Å². The average molecular weight is 294 g/mol. The minimum atomic E-state index is -0.252. The van der Waals surface area contributed by atoms with Crippen LogP contribution >= 0.6 is 0 Å². The Kier molecular flexibility index (Phi) is 7.43. The molecule has 0 unspecified atom stereocenters. The zero-order valence-electron chi connectivity index (χ0n) is 12.7. The highest BCUT2D eigenvalue weighted by Gasteiger charge is 2.10. The smallest absolute Gasteiger partial charge is 0.221 e. The second kappa shape index (κ2) is 9.10. The molecule has 1 aromatic rings. The van der Waals surface area contributed by atoms with Gasteiger partial charge in [0.2, 0.25) is 11.8 Å². The first-order valence-electron chi connectivity index (χ1n) is 7.30. The van der Waals surface area contributed by atoms with Gasteiger partial charge in [0.1, 0.15) is 5.82 Å². The number of rotatable bonds is 8. The minimum Gasteiger partial charge on any atom is -0.356 e. The summed E-state index contributed by atoms with van der Waals surface area (Å²) >= 11 is 0. The first-order chi connectivity index (χ1) is 10.0. The van der Waals surface area contributed by atoms with Crippen LogP contribution < -0.4 is 5.32 Å². The van der Waals surface area contributed by atoms with Crippen molar-refractivity contribution >= 4 is 11.8 Å². The Morgan fingerprint density at radius 1 is 1.24 bits per heavy atom. The largest absolute Gasteiger partial charge is 0.356 e. The van der Waals surface area contributed by atoms with E-state index >= 15 is 0 Å². The molecule has 0 heterocycles. The SMILES string of the molecule is CCCN(CCC(=O)NCCc1ccccc1F)C(C)=O. The molecule has 1 aromatic carbocycles. The molecule has 0 saturated heterocycles. The van der Waals surface area contributed by atoms with Gasteiger partial charge >= 0.3 is 0 Å². The maximum Gasteiger partial charge on any atom is 0.221 e. The van der Waals surface area contributed by atoms with Crippen LogP contribution in [0.2, 0.25) is 0 Å². The highest BCUT2D eigenvalue weighted by molar-refractivity contribution is 5.78. The summed E-state index contributed by atoms with van der Waals surface area (Å²) in [6.07, 6.45) is 1.61. The van der Waals surface area contributed by atoms with Crippen molar-refractivity contribution in [2.24, 2.45) is 0 Å². The number of carbonyl (C=O) groups is 2. The fourth-order valence-corrected chi connectivity index (χ4v) is 2.06. The summed E-state index contributed by atoms with van der Waals surface area (Å²) in [6.45, 7) is 4.98. The van der Waals surface area contributed by atoms with Crippen molar-refractivity contribution in [3.63, 3.8) is 0 Å². The van der Waals surface area contributed by atoms with Crippen LogP contribution in [0.25, 0.3) is 0 Å². The van der Waals surface area contributed by atoms with Gasteiger partial charge in [-0.05, 0) is 24.5 Å². The van der Waals surface area contributed by atoms with Gasteiger partial charge < -0.3 is 10.2 Å². The van der Waals surface area contributed by atoms with Gasteiger partial charge in [0.05, 0.1) is 0 Å². The molecule has 0 aliphatic heterocycles. The average Bonchev–Trinajstić information content (AvgIpc) is 2.45. The molecule has 0 aliphatic carbocycles. The van der Waals surface area contributed by atoms with E-state index in [0.717, 1.165) is 6.42 Å². The fraction of sp³-hybridized carbons (Fsp3) is 0.500. The van der Waals surface area contributed by atoms with Crippen LogP contribution in [0.5, 0.6) is 0 Å². The van der Waals surface area contributed by atoms with Crippen LogP contribution in [0.3, 0.4) is 0 Å². The monoisotopic (exact) mass is 294 g/mol. The van der Waals surface area contributed by atoms with E-state index in [0.29, 0.717) is 31.6 Å². The highest BCUT2D eigenvalue weighted by Crippen LogP contribution is 2.06. The van der Waals surface area contributed by atoms with Crippen LogP contribution in [0.15, 0.2) is 24.3 Å². The number of amides is 2. The van der Waals surface area contributed by atoms with Crippen molar-refractivity contribution in [1.82, 2.24) is 10.2 Å². The lowest BCUT2D eigenvalue weighted by atomic mass is 10.1. The third-order valence-electron chi connectivity index (χ3n) is 3.22. The van der Waals surface area contributed by atoms with E-state index in [9.17, 15) is 14.0 Å². The molecule has 0 bridgehead atoms. The Bertz CT molecular complexity index is 477. The molecule has 0 saturated carbocycles. The molecule has 0 fully saturated rings. The van der Waals surface area contributed by atoms with Crippen molar-refractivity contribution in [3.05, 3.63) is 35.6 Å². The van der Waals surface area contributed by atoms with Gasteiger partial charge in [-0.15, -0.1) is 0 Å². The Morgan fingerprint density at radius 3 is 2.57 bits per heavy atom. The number of halogens is 1. The topological polar surface area (TPSA) is 49.4 Å². The summed E-state index contributed by atoms with van der Waals surface area (Å²) in [5.41, 5.74) is 0.592. The molecule has 0 aliphatic rings. The Hall–Kier alpha value is -1.91. The molecule has 1 rings (SSSR count). The van der Waals surface area contributed by atoms with Crippen molar-refractivity contribution in [1.29, 1.82) is 0 Å². The quantitative estimate of drug-likeness (QED) is 0.798. The Morgan fingerprint density at radius 2 is 1.95 bits per heavy atom. The zero-order valence-corrected chi connectivity index (χ0v) is 12.7. The van der Waals surface area contributed by atoms with E-state index in [-0.39, 0.29) is 24.1 Å². The molecule has 116 valence electrons. The van der Waals surface area contributed by atoms with Crippen LogP contribution in [0, 0.1) is 5.82 Å². The molecular weight excluding hydrogens is 271 g/mol.